The Balaban J connectivity index is 2.64. The van der Waals surface area contributed by atoms with Gasteiger partial charge in [-0.05, 0) is 19.1 Å². The van der Waals surface area contributed by atoms with Gasteiger partial charge < -0.3 is 10.5 Å². The molecule has 0 aliphatic carbocycles. The number of anilines is 1. The van der Waals surface area contributed by atoms with Crippen LogP contribution in [-0.4, -0.2) is 17.3 Å². The third-order valence-electron chi connectivity index (χ3n) is 1.49. The second kappa shape index (κ2) is 4.25. The molecule has 2 N–H and O–H groups in total. The zero-order chi connectivity index (χ0) is 9.68. The highest BCUT2D eigenvalue weighted by Gasteiger charge is 1.96. The average Bonchev–Trinajstić information content (AvgIpc) is 2.09. The molecule has 1 aromatic carbocycles. The Morgan fingerprint density at radius 1 is 1.46 bits per heavy atom. The van der Waals surface area contributed by atoms with Crippen LogP contribution in [0.3, 0.4) is 0 Å². The predicted octanol–water partition coefficient (Wildman–Crippen LogP) is 1.39. The van der Waals surface area contributed by atoms with Gasteiger partial charge in [-0.2, -0.15) is 0 Å². The monoisotopic (exact) mass is 178 g/mol. The highest BCUT2D eigenvalue weighted by molar-refractivity contribution is 6.31. The van der Waals surface area contributed by atoms with Crippen molar-refractivity contribution in [3.05, 3.63) is 29.8 Å². The van der Waals surface area contributed by atoms with Crippen molar-refractivity contribution in [2.24, 2.45) is 5.16 Å². The van der Waals surface area contributed by atoms with E-state index in [0.717, 1.165) is 11.8 Å². The normalized spacial score (nSPS) is 10.2. The minimum Gasteiger partial charge on any atom is -0.411 e. The Morgan fingerprint density at radius 3 is 2.62 bits per heavy atom. The lowest BCUT2D eigenvalue weighted by Crippen LogP contribution is -2.12. The minimum absolute atomic E-state index is 0.452. The number of oxime groups is 1. The molecule has 0 bridgehead atoms. The van der Waals surface area contributed by atoms with Crippen molar-refractivity contribution in [2.75, 3.05) is 5.32 Å². The summed E-state index contributed by atoms with van der Waals surface area (Å²) in [6, 6.07) is 7.31. The Morgan fingerprint density at radius 2 is 2.08 bits per heavy atom. The van der Waals surface area contributed by atoms with Crippen molar-refractivity contribution < 1.29 is 10.0 Å². The van der Waals surface area contributed by atoms with Crippen LogP contribution in [0.4, 0.5) is 5.69 Å². The van der Waals surface area contributed by atoms with Crippen LogP contribution in [0.2, 0.25) is 0 Å². The smallest absolute Gasteiger partial charge is 0.270 e. The molecule has 0 unspecified atom stereocenters. The van der Waals surface area contributed by atoms with Gasteiger partial charge in [0.15, 0.2) is 0 Å². The van der Waals surface area contributed by atoms with Crippen molar-refractivity contribution in [1.82, 2.24) is 0 Å². The Hall–Kier alpha value is -1.84. The lowest BCUT2D eigenvalue weighted by Gasteiger charge is -2.00. The van der Waals surface area contributed by atoms with Gasteiger partial charge in [-0.3, -0.25) is 4.79 Å². The van der Waals surface area contributed by atoms with Crippen molar-refractivity contribution in [1.29, 1.82) is 0 Å². The molecule has 0 fully saturated rings. The van der Waals surface area contributed by atoms with Crippen molar-refractivity contribution >= 4 is 17.8 Å². The van der Waals surface area contributed by atoms with Crippen LogP contribution in [-0.2, 0) is 4.79 Å². The molecule has 0 aliphatic rings. The van der Waals surface area contributed by atoms with Gasteiger partial charge >= 0.3 is 0 Å². The Kier molecular flexibility index (Phi) is 3.03. The number of hydrogen-bond acceptors (Lipinski definition) is 3. The van der Waals surface area contributed by atoms with Crippen molar-refractivity contribution in [3.8, 4) is 0 Å². The van der Waals surface area contributed by atoms with Gasteiger partial charge in [0.25, 0.3) is 5.91 Å². The summed E-state index contributed by atoms with van der Waals surface area (Å²) in [5, 5.41) is 13.2. The van der Waals surface area contributed by atoms with Gasteiger partial charge in [0.05, 0.1) is 0 Å². The van der Waals surface area contributed by atoms with Crippen LogP contribution in [0.15, 0.2) is 29.4 Å². The van der Waals surface area contributed by atoms with Gasteiger partial charge in [0, 0.05) is 5.69 Å². The average molecular weight is 178 g/mol. The number of carbonyl (C=O) groups is 1. The van der Waals surface area contributed by atoms with Gasteiger partial charge in [0.1, 0.15) is 6.21 Å². The number of amides is 1. The molecule has 4 nitrogen and oxygen atoms in total. The maximum absolute atomic E-state index is 10.9. The molecular formula is C9H10N2O2. The molecule has 0 saturated carbocycles. The van der Waals surface area contributed by atoms with E-state index in [1.54, 1.807) is 12.1 Å². The summed E-state index contributed by atoms with van der Waals surface area (Å²) < 4.78 is 0. The second-order valence-electron chi connectivity index (χ2n) is 2.60. The number of hydrogen-bond donors (Lipinski definition) is 2. The molecule has 1 rings (SSSR count). The first-order chi connectivity index (χ1) is 6.22. The molecular weight excluding hydrogens is 168 g/mol. The summed E-state index contributed by atoms with van der Waals surface area (Å²) in [5.74, 6) is -0.452. The fraction of sp³-hybridized carbons (Fsp3) is 0.111. The fourth-order valence-electron chi connectivity index (χ4n) is 0.864. The van der Waals surface area contributed by atoms with E-state index in [-0.39, 0.29) is 0 Å². The highest BCUT2D eigenvalue weighted by Crippen LogP contribution is 2.07. The summed E-state index contributed by atoms with van der Waals surface area (Å²) in [4.78, 5) is 10.9. The second-order valence-corrected chi connectivity index (χ2v) is 2.60. The molecule has 13 heavy (non-hydrogen) atoms. The molecule has 68 valence electrons. The van der Waals surface area contributed by atoms with E-state index in [4.69, 9.17) is 5.21 Å². The molecule has 0 aliphatic heterocycles. The largest absolute Gasteiger partial charge is 0.411 e. The molecule has 0 spiro atoms. The van der Waals surface area contributed by atoms with E-state index in [0.29, 0.717) is 5.69 Å². The quantitative estimate of drug-likeness (QED) is 0.408. The SMILES string of the molecule is Cc1ccc(NC(=O)/C=N/O)cc1. The first kappa shape index (κ1) is 9.25. The van der Waals surface area contributed by atoms with Crippen LogP contribution in [0.25, 0.3) is 0 Å². The number of nitrogens with one attached hydrogen (secondary N) is 1. The zero-order valence-corrected chi connectivity index (χ0v) is 7.19. The Labute approximate surface area is 75.9 Å². The fourth-order valence-corrected chi connectivity index (χ4v) is 0.864. The molecule has 0 radical (unpaired) electrons. The maximum atomic E-state index is 10.9. The number of nitrogens with zero attached hydrogens (tertiary/aromatic N) is 1. The van der Waals surface area contributed by atoms with E-state index < -0.39 is 5.91 Å². The van der Waals surface area contributed by atoms with E-state index in [1.807, 2.05) is 19.1 Å². The summed E-state index contributed by atoms with van der Waals surface area (Å²) in [6.45, 7) is 1.96. The van der Waals surface area contributed by atoms with E-state index in [1.165, 1.54) is 0 Å². The minimum atomic E-state index is -0.452. The van der Waals surface area contributed by atoms with Crippen LogP contribution in [0.1, 0.15) is 5.56 Å². The van der Waals surface area contributed by atoms with Crippen LogP contribution < -0.4 is 5.32 Å². The van der Waals surface area contributed by atoms with Crippen LogP contribution >= 0.6 is 0 Å². The van der Waals surface area contributed by atoms with E-state index in [2.05, 4.69) is 10.5 Å². The van der Waals surface area contributed by atoms with Gasteiger partial charge in [-0.15, -0.1) is 0 Å². The molecule has 1 aromatic rings. The summed E-state index contributed by atoms with van der Waals surface area (Å²) in [6.07, 6.45) is 0.805. The molecule has 0 atom stereocenters. The molecule has 1 amide bonds. The van der Waals surface area contributed by atoms with Gasteiger partial charge in [-0.1, -0.05) is 22.9 Å². The van der Waals surface area contributed by atoms with Gasteiger partial charge in [0.2, 0.25) is 0 Å². The van der Waals surface area contributed by atoms with Crippen molar-refractivity contribution in [2.45, 2.75) is 6.92 Å². The molecule has 0 aromatic heterocycles. The third kappa shape index (κ3) is 2.94. The van der Waals surface area contributed by atoms with Crippen LogP contribution in [0.5, 0.6) is 0 Å². The predicted molar refractivity (Wildman–Crippen MR) is 50.1 cm³/mol. The lowest BCUT2D eigenvalue weighted by atomic mass is 10.2. The van der Waals surface area contributed by atoms with Crippen molar-refractivity contribution in [3.63, 3.8) is 0 Å². The maximum Gasteiger partial charge on any atom is 0.270 e. The number of benzene rings is 1. The number of aryl methyl sites for hydroxylation is 1. The molecule has 0 saturated heterocycles. The van der Waals surface area contributed by atoms with Gasteiger partial charge in [-0.25, -0.2) is 0 Å². The standard InChI is InChI=1S/C9H10N2O2/c1-7-2-4-8(5-3-7)11-9(12)6-10-13/h2-6,13H,1H3,(H,11,12)/b10-6+. The highest BCUT2D eigenvalue weighted by atomic mass is 16.4. The molecule has 0 heterocycles. The van der Waals surface area contributed by atoms with Crippen LogP contribution in [0, 0.1) is 6.92 Å². The van der Waals surface area contributed by atoms with E-state index >= 15 is 0 Å². The summed E-state index contributed by atoms with van der Waals surface area (Å²) in [5.41, 5.74) is 1.80. The third-order valence-corrected chi connectivity index (χ3v) is 1.49. The van der Waals surface area contributed by atoms with E-state index in [9.17, 15) is 4.79 Å². The zero-order valence-electron chi connectivity index (χ0n) is 7.19. The first-order valence-corrected chi connectivity index (χ1v) is 3.77. The first-order valence-electron chi connectivity index (χ1n) is 3.77. The number of rotatable bonds is 2. The molecule has 4 heteroatoms. The topological polar surface area (TPSA) is 61.7 Å². The Bertz CT molecular complexity index is 317. The number of carbonyl (C=O) groups excluding carboxylic acids is 1. The summed E-state index contributed by atoms with van der Waals surface area (Å²) in [7, 11) is 0. The lowest BCUT2D eigenvalue weighted by molar-refractivity contribution is -0.110. The summed E-state index contributed by atoms with van der Waals surface area (Å²) >= 11 is 0.